The van der Waals surface area contributed by atoms with Gasteiger partial charge in [-0.2, -0.15) is 5.26 Å². The molecule has 0 heterocycles. The second-order valence-corrected chi connectivity index (χ2v) is 6.76. The van der Waals surface area contributed by atoms with Crippen molar-refractivity contribution in [3.8, 4) is 11.8 Å². The summed E-state index contributed by atoms with van der Waals surface area (Å²) in [6, 6.07) is 6.25. The van der Waals surface area contributed by atoms with E-state index in [1.54, 1.807) is 6.07 Å². The molecule has 0 aliphatic heterocycles. The maximum absolute atomic E-state index is 13.3. The van der Waals surface area contributed by atoms with E-state index in [-0.39, 0.29) is 5.56 Å². The standard InChI is InChI=1S/C17H20FNO/c1-17(2)13-4-3-11(15(17)8-13)10-20-14-5-6-16(18)12(7-14)9-19/h5-7,11,13,15H,3-4,8,10H2,1-2H3/t11-,13+,15?/m1/s1. The second-order valence-electron chi connectivity index (χ2n) is 6.76. The molecule has 0 spiro atoms. The van der Waals surface area contributed by atoms with Crippen molar-refractivity contribution in [3.63, 3.8) is 0 Å². The Morgan fingerprint density at radius 2 is 2.20 bits per heavy atom. The molecular formula is C17H20FNO. The van der Waals surface area contributed by atoms with Crippen LogP contribution < -0.4 is 4.74 Å². The zero-order valence-corrected chi connectivity index (χ0v) is 12.0. The van der Waals surface area contributed by atoms with Crippen LogP contribution in [0.2, 0.25) is 0 Å². The number of nitrogens with zero attached hydrogens (tertiary/aromatic N) is 1. The molecule has 1 unspecified atom stereocenters. The van der Waals surface area contributed by atoms with E-state index in [0.717, 1.165) is 11.8 Å². The first-order valence-electron chi connectivity index (χ1n) is 7.35. The summed E-state index contributed by atoms with van der Waals surface area (Å²) in [4.78, 5) is 0. The van der Waals surface area contributed by atoms with Crippen LogP contribution in [0.15, 0.2) is 18.2 Å². The summed E-state index contributed by atoms with van der Waals surface area (Å²) in [5.74, 6) is 2.34. The molecule has 3 saturated carbocycles. The van der Waals surface area contributed by atoms with Gasteiger partial charge in [0.2, 0.25) is 0 Å². The number of nitriles is 1. The average molecular weight is 273 g/mol. The minimum atomic E-state index is -0.486. The van der Waals surface area contributed by atoms with E-state index < -0.39 is 5.82 Å². The molecule has 0 aromatic heterocycles. The highest BCUT2D eigenvalue weighted by Crippen LogP contribution is 2.61. The highest BCUT2D eigenvalue weighted by Gasteiger charge is 2.54. The Morgan fingerprint density at radius 1 is 1.40 bits per heavy atom. The first-order chi connectivity index (χ1) is 9.52. The summed E-state index contributed by atoms with van der Waals surface area (Å²) in [6.45, 7) is 5.41. The molecule has 0 amide bonds. The van der Waals surface area contributed by atoms with Gasteiger partial charge in [-0.3, -0.25) is 0 Å². The summed E-state index contributed by atoms with van der Waals surface area (Å²) in [5.41, 5.74) is 0.502. The minimum absolute atomic E-state index is 0.0511. The van der Waals surface area contributed by atoms with E-state index in [1.165, 1.54) is 31.4 Å². The number of fused-ring (bicyclic) bond motifs is 2. The number of benzene rings is 1. The van der Waals surface area contributed by atoms with Gasteiger partial charge in [0.1, 0.15) is 17.6 Å². The number of hydrogen-bond acceptors (Lipinski definition) is 2. The molecule has 0 saturated heterocycles. The van der Waals surface area contributed by atoms with Crippen LogP contribution >= 0.6 is 0 Å². The molecule has 0 N–H and O–H groups in total. The van der Waals surface area contributed by atoms with Gasteiger partial charge in [0.25, 0.3) is 0 Å². The number of ether oxygens (including phenoxy) is 1. The van der Waals surface area contributed by atoms with Crippen molar-refractivity contribution in [3.05, 3.63) is 29.6 Å². The van der Waals surface area contributed by atoms with E-state index in [0.29, 0.717) is 23.7 Å². The summed E-state index contributed by atoms with van der Waals surface area (Å²) < 4.78 is 19.1. The Balaban J connectivity index is 1.64. The number of hydrogen-bond donors (Lipinski definition) is 0. The van der Waals surface area contributed by atoms with Gasteiger partial charge in [0.15, 0.2) is 0 Å². The molecule has 3 aliphatic carbocycles. The van der Waals surface area contributed by atoms with Gasteiger partial charge in [0, 0.05) is 6.07 Å². The van der Waals surface area contributed by atoms with Gasteiger partial charge < -0.3 is 4.74 Å². The third kappa shape index (κ3) is 2.08. The number of rotatable bonds is 3. The Hall–Kier alpha value is -1.56. The maximum Gasteiger partial charge on any atom is 0.141 e. The summed E-state index contributed by atoms with van der Waals surface area (Å²) >= 11 is 0. The fourth-order valence-corrected chi connectivity index (χ4v) is 4.05. The monoisotopic (exact) mass is 273 g/mol. The maximum atomic E-state index is 13.3. The number of halogens is 1. The Labute approximate surface area is 119 Å². The smallest absolute Gasteiger partial charge is 0.141 e. The highest BCUT2D eigenvalue weighted by molar-refractivity contribution is 5.37. The van der Waals surface area contributed by atoms with Crippen molar-refractivity contribution in [2.24, 2.45) is 23.2 Å². The lowest BCUT2D eigenvalue weighted by Crippen LogP contribution is -2.53. The van der Waals surface area contributed by atoms with E-state index >= 15 is 0 Å². The summed E-state index contributed by atoms with van der Waals surface area (Å²) in [7, 11) is 0. The second kappa shape index (κ2) is 4.77. The van der Waals surface area contributed by atoms with Crippen LogP contribution in [-0.2, 0) is 0 Å². The predicted octanol–water partition coefficient (Wildman–Crippen LogP) is 4.15. The van der Waals surface area contributed by atoms with E-state index in [9.17, 15) is 4.39 Å². The first kappa shape index (κ1) is 13.4. The first-order valence-corrected chi connectivity index (χ1v) is 7.35. The van der Waals surface area contributed by atoms with Crippen LogP contribution in [0.1, 0.15) is 38.7 Å². The van der Waals surface area contributed by atoms with Gasteiger partial charge in [-0.1, -0.05) is 13.8 Å². The third-order valence-corrected chi connectivity index (χ3v) is 5.52. The Bertz CT molecular complexity index is 559. The predicted molar refractivity (Wildman–Crippen MR) is 74.7 cm³/mol. The van der Waals surface area contributed by atoms with Crippen LogP contribution in [0.5, 0.6) is 5.75 Å². The molecule has 3 atom stereocenters. The van der Waals surface area contributed by atoms with Crippen molar-refractivity contribution < 1.29 is 9.13 Å². The molecule has 20 heavy (non-hydrogen) atoms. The van der Waals surface area contributed by atoms with E-state index in [4.69, 9.17) is 10.00 Å². The Morgan fingerprint density at radius 3 is 2.85 bits per heavy atom. The van der Waals surface area contributed by atoms with Crippen LogP contribution in [-0.4, -0.2) is 6.61 Å². The third-order valence-electron chi connectivity index (χ3n) is 5.52. The Kier molecular flexibility index (Phi) is 3.20. The van der Waals surface area contributed by atoms with Gasteiger partial charge in [-0.25, -0.2) is 4.39 Å². The van der Waals surface area contributed by atoms with Crippen molar-refractivity contribution in [2.45, 2.75) is 33.1 Å². The quantitative estimate of drug-likeness (QED) is 0.829. The molecule has 2 bridgehead atoms. The van der Waals surface area contributed by atoms with Crippen molar-refractivity contribution in [1.82, 2.24) is 0 Å². The van der Waals surface area contributed by atoms with Crippen molar-refractivity contribution in [2.75, 3.05) is 6.61 Å². The molecule has 2 nitrogen and oxygen atoms in total. The molecule has 3 fully saturated rings. The SMILES string of the molecule is CC1(C)C2C[C@@H]1CC[C@@H]2COc1ccc(F)c(C#N)c1. The van der Waals surface area contributed by atoms with Crippen molar-refractivity contribution >= 4 is 0 Å². The molecule has 1 aromatic rings. The lowest BCUT2D eigenvalue weighted by molar-refractivity contribution is -0.114. The van der Waals surface area contributed by atoms with Gasteiger partial charge in [0.05, 0.1) is 12.2 Å². The lowest BCUT2D eigenvalue weighted by Gasteiger charge is -2.60. The van der Waals surface area contributed by atoms with Crippen LogP contribution in [0.25, 0.3) is 0 Å². The molecule has 0 radical (unpaired) electrons. The van der Waals surface area contributed by atoms with Crippen LogP contribution in [0.4, 0.5) is 4.39 Å². The lowest BCUT2D eigenvalue weighted by atomic mass is 9.46. The zero-order chi connectivity index (χ0) is 14.3. The summed E-state index contributed by atoms with van der Waals surface area (Å²) in [5, 5.41) is 8.83. The molecule has 3 heteroatoms. The molecular weight excluding hydrogens is 253 g/mol. The molecule has 4 rings (SSSR count). The van der Waals surface area contributed by atoms with Crippen molar-refractivity contribution in [1.29, 1.82) is 5.26 Å². The van der Waals surface area contributed by atoms with E-state index in [1.807, 2.05) is 6.07 Å². The highest BCUT2D eigenvalue weighted by atomic mass is 19.1. The van der Waals surface area contributed by atoms with Crippen LogP contribution in [0, 0.1) is 40.3 Å². The molecule has 1 aromatic carbocycles. The minimum Gasteiger partial charge on any atom is -0.493 e. The normalized spacial score (nSPS) is 30.2. The molecule has 106 valence electrons. The zero-order valence-electron chi connectivity index (χ0n) is 12.0. The average Bonchev–Trinajstić information content (AvgIpc) is 2.46. The molecule has 3 aliphatic rings. The van der Waals surface area contributed by atoms with Gasteiger partial charge in [-0.05, 0) is 54.6 Å². The topological polar surface area (TPSA) is 33.0 Å². The summed E-state index contributed by atoms with van der Waals surface area (Å²) in [6.07, 6.45) is 3.85. The van der Waals surface area contributed by atoms with Gasteiger partial charge >= 0.3 is 0 Å². The fraction of sp³-hybridized carbons (Fsp3) is 0.588. The van der Waals surface area contributed by atoms with E-state index in [2.05, 4.69) is 13.8 Å². The fourth-order valence-electron chi connectivity index (χ4n) is 4.05. The van der Waals surface area contributed by atoms with Crippen LogP contribution in [0.3, 0.4) is 0 Å². The van der Waals surface area contributed by atoms with Gasteiger partial charge in [-0.15, -0.1) is 0 Å². The largest absolute Gasteiger partial charge is 0.493 e.